The first-order valence-electron chi connectivity index (χ1n) is 18.8. The van der Waals surface area contributed by atoms with Gasteiger partial charge in [-0.2, -0.15) is 0 Å². The van der Waals surface area contributed by atoms with Crippen LogP contribution in [-0.2, 0) is 5.41 Å². The molecule has 2 aliphatic carbocycles. The molecule has 0 atom stereocenters. The van der Waals surface area contributed by atoms with Crippen molar-refractivity contribution in [3.05, 3.63) is 223 Å². The van der Waals surface area contributed by atoms with Gasteiger partial charge in [-0.05, 0) is 97.1 Å². The third kappa shape index (κ3) is 4.87. The van der Waals surface area contributed by atoms with Crippen LogP contribution in [0.2, 0.25) is 0 Å². The number of hydrogen-bond acceptors (Lipinski definition) is 3. The topological polar surface area (TPSA) is 38.7 Å². The summed E-state index contributed by atoms with van der Waals surface area (Å²) in [6.45, 7) is 0. The zero-order valence-electron chi connectivity index (χ0n) is 29.9. The van der Waals surface area contributed by atoms with Gasteiger partial charge >= 0.3 is 0 Å². The molecule has 0 saturated heterocycles. The number of nitrogens with zero attached hydrogens (tertiary/aromatic N) is 3. The summed E-state index contributed by atoms with van der Waals surface area (Å²) in [5.41, 5.74) is 19.7. The van der Waals surface area contributed by atoms with E-state index < -0.39 is 0 Å². The highest BCUT2D eigenvalue weighted by atomic mass is 14.9. The van der Waals surface area contributed by atoms with Gasteiger partial charge in [-0.25, -0.2) is 9.97 Å². The van der Waals surface area contributed by atoms with Gasteiger partial charge in [0.15, 0.2) is 5.82 Å². The minimum atomic E-state index is -0.346. The van der Waals surface area contributed by atoms with Crippen LogP contribution in [-0.4, -0.2) is 15.0 Å². The van der Waals surface area contributed by atoms with Gasteiger partial charge in [0.2, 0.25) is 0 Å². The molecule has 0 fully saturated rings. The standard InChI is InChI=1S/C52H33N3/c1-2-11-36(12-3-1)49-33-50(55-51(54-49)37-23-21-34(22-24-37)35-27-29-53-30-28-35)40-14-10-13-38(31-40)39-25-26-48-44(32-39)43-17-6-9-20-47(43)52(48)45-18-7-4-15-41(45)42-16-5-8-19-46(42)52/h1-33H. The number of rotatable bonds is 5. The van der Waals surface area contributed by atoms with Crippen LogP contribution in [0.1, 0.15) is 22.3 Å². The van der Waals surface area contributed by atoms with Crippen LogP contribution in [0.3, 0.4) is 0 Å². The molecule has 55 heavy (non-hydrogen) atoms. The SMILES string of the molecule is c1ccc(-c2cc(-c3cccc(-c4ccc5c(c4)-c4ccccc4C54c5ccccc5-c5ccccc54)c3)nc(-c3ccc(-c4ccncc4)cc3)n2)cc1. The molecule has 2 heterocycles. The van der Waals surface area contributed by atoms with Crippen LogP contribution >= 0.6 is 0 Å². The Morgan fingerprint density at radius 3 is 1.44 bits per heavy atom. The zero-order valence-corrected chi connectivity index (χ0v) is 29.9. The summed E-state index contributed by atoms with van der Waals surface area (Å²) in [5.74, 6) is 0.694. The molecule has 11 rings (SSSR count). The monoisotopic (exact) mass is 699 g/mol. The molecular formula is C52H33N3. The van der Waals surface area contributed by atoms with Gasteiger partial charge < -0.3 is 0 Å². The van der Waals surface area contributed by atoms with E-state index in [-0.39, 0.29) is 5.41 Å². The van der Waals surface area contributed by atoms with Crippen molar-refractivity contribution in [1.29, 1.82) is 0 Å². The van der Waals surface area contributed by atoms with Crippen molar-refractivity contribution in [2.45, 2.75) is 5.41 Å². The molecule has 0 amide bonds. The van der Waals surface area contributed by atoms with E-state index in [1.807, 2.05) is 30.6 Å². The second kappa shape index (κ2) is 12.4. The summed E-state index contributed by atoms with van der Waals surface area (Å²) in [6.07, 6.45) is 3.64. The fraction of sp³-hybridized carbons (Fsp3) is 0.0192. The third-order valence-electron chi connectivity index (χ3n) is 11.4. The van der Waals surface area contributed by atoms with E-state index in [1.54, 1.807) is 0 Å². The van der Waals surface area contributed by atoms with Crippen molar-refractivity contribution in [3.63, 3.8) is 0 Å². The predicted molar refractivity (Wildman–Crippen MR) is 223 cm³/mol. The van der Waals surface area contributed by atoms with Gasteiger partial charge in [0.25, 0.3) is 0 Å². The Morgan fingerprint density at radius 2 is 0.764 bits per heavy atom. The molecule has 2 aliphatic rings. The van der Waals surface area contributed by atoms with E-state index in [4.69, 9.17) is 9.97 Å². The van der Waals surface area contributed by atoms with Gasteiger partial charge in [0.05, 0.1) is 16.8 Å². The number of aromatic nitrogens is 3. The molecule has 0 bridgehead atoms. The molecule has 3 heteroatoms. The Hall–Kier alpha value is -7.23. The number of fused-ring (bicyclic) bond motifs is 10. The first-order chi connectivity index (χ1) is 27.3. The normalized spacial score (nSPS) is 12.9. The zero-order chi connectivity index (χ0) is 36.3. The van der Waals surface area contributed by atoms with Crippen molar-refractivity contribution in [3.8, 4) is 78.4 Å². The lowest BCUT2D eigenvalue weighted by Crippen LogP contribution is -2.25. The van der Waals surface area contributed by atoms with E-state index in [0.29, 0.717) is 5.82 Å². The van der Waals surface area contributed by atoms with Crippen LogP contribution in [0, 0.1) is 0 Å². The van der Waals surface area contributed by atoms with Gasteiger partial charge in [-0.15, -0.1) is 0 Å². The van der Waals surface area contributed by atoms with Crippen LogP contribution in [0.15, 0.2) is 200 Å². The molecule has 0 N–H and O–H groups in total. The Bertz CT molecular complexity index is 2870. The van der Waals surface area contributed by atoms with Gasteiger partial charge in [-0.3, -0.25) is 4.98 Å². The molecule has 1 spiro atoms. The summed E-state index contributed by atoms with van der Waals surface area (Å²) in [5, 5.41) is 0. The summed E-state index contributed by atoms with van der Waals surface area (Å²) < 4.78 is 0. The maximum absolute atomic E-state index is 5.19. The van der Waals surface area contributed by atoms with Gasteiger partial charge in [0, 0.05) is 29.1 Å². The maximum atomic E-state index is 5.19. The summed E-state index contributed by atoms with van der Waals surface area (Å²) in [4.78, 5) is 14.5. The highest BCUT2D eigenvalue weighted by Gasteiger charge is 2.51. The molecule has 3 nitrogen and oxygen atoms in total. The number of benzene rings is 7. The molecule has 9 aromatic rings. The lowest BCUT2D eigenvalue weighted by Gasteiger charge is -2.30. The number of pyridine rings is 1. The van der Waals surface area contributed by atoms with Gasteiger partial charge in [-0.1, -0.05) is 158 Å². The largest absolute Gasteiger partial charge is 0.265 e. The second-order valence-corrected chi connectivity index (χ2v) is 14.4. The molecule has 0 unspecified atom stereocenters. The smallest absolute Gasteiger partial charge is 0.160 e. The van der Waals surface area contributed by atoms with E-state index in [0.717, 1.165) is 44.8 Å². The molecule has 256 valence electrons. The Kier molecular flexibility index (Phi) is 7.08. The van der Waals surface area contributed by atoms with Crippen molar-refractivity contribution >= 4 is 0 Å². The third-order valence-corrected chi connectivity index (χ3v) is 11.4. The molecule has 2 aromatic heterocycles. The Morgan fingerprint density at radius 1 is 0.291 bits per heavy atom. The first kappa shape index (κ1) is 31.3. The predicted octanol–water partition coefficient (Wildman–Crippen LogP) is 12.6. The quantitative estimate of drug-likeness (QED) is 0.179. The lowest BCUT2D eigenvalue weighted by molar-refractivity contribution is 0.794. The van der Waals surface area contributed by atoms with Crippen molar-refractivity contribution < 1.29 is 0 Å². The average Bonchev–Trinajstić information content (AvgIpc) is 3.74. The first-order valence-corrected chi connectivity index (χ1v) is 18.8. The van der Waals surface area contributed by atoms with Gasteiger partial charge in [0.1, 0.15) is 0 Å². The molecule has 0 radical (unpaired) electrons. The Balaban J connectivity index is 1.03. The molecule has 7 aromatic carbocycles. The van der Waals surface area contributed by atoms with Crippen LogP contribution in [0.5, 0.6) is 0 Å². The molecule has 0 saturated carbocycles. The highest BCUT2D eigenvalue weighted by molar-refractivity contribution is 5.96. The molecular weight excluding hydrogens is 667 g/mol. The lowest BCUT2D eigenvalue weighted by atomic mass is 9.70. The number of hydrogen-bond donors (Lipinski definition) is 0. The van der Waals surface area contributed by atoms with E-state index in [9.17, 15) is 0 Å². The summed E-state index contributed by atoms with van der Waals surface area (Å²) in [7, 11) is 0. The van der Waals surface area contributed by atoms with Crippen LogP contribution in [0.4, 0.5) is 0 Å². The maximum Gasteiger partial charge on any atom is 0.160 e. The Labute approximate surface area is 320 Å². The van der Waals surface area contributed by atoms with E-state index >= 15 is 0 Å². The van der Waals surface area contributed by atoms with Crippen LogP contribution in [0.25, 0.3) is 78.4 Å². The fourth-order valence-corrected chi connectivity index (χ4v) is 8.97. The fourth-order valence-electron chi connectivity index (χ4n) is 8.97. The van der Waals surface area contributed by atoms with Crippen molar-refractivity contribution in [2.24, 2.45) is 0 Å². The van der Waals surface area contributed by atoms with Crippen molar-refractivity contribution in [1.82, 2.24) is 15.0 Å². The minimum Gasteiger partial charge on any atom is -0.265 e. The highest BCUT2D eigenvalue weighted by Crippen LogP contribution is 2.62. The molecule has 0 aliphatic heterocycles. The summed E-state index contributed by atoms with van der Waals surface area (Å²) in [6, 6.07) is 67.8. The summed E-state index contributed by atoms with van der Waals surface area (Å²) >= 11 is 0. The van der Waals surface area contributed by atoms with Crippen molar-refractivity contribution in [2.75, 3.05) is 0 Å². The van der Waals surface area contributed by atoms with E-state index in [2.05, 4.69) is 175 Å². The average molecular weight is 700 g/mol. The van der Waals surface area contributed by atoms with E-state index in [1.165, 1.54) is 50.1 Å². The second-order valence-electron chi connectivity index (χ2n) is 14.4. The minimum absolute atomic E-state index is 0.346. The van der Waals surface area contributed by atoms with Crippen LogP contribution < -0.4 is 0 Å².